The van der Waals surface area contributed by atoms with E-state index in [1.54, 1.807) is 16.8 Å². The van der Waals surface area contributed by atoms with Crippen LogP contribution in [0.3, 0.4) is 0 Å². The highest BCUT2D eigenvalue weighted by Crippen LogP contribution is 2.40. The molecule has 1 aliphatic rings. The monoisotopic (exact) mass is 320 g/mol. The van der Waals surface area contributed by atoms with E-state index in [1.165, 1.54) is 13.1 Å². The summed E-state index contributed by atoms with van der Waals surface area (Å²) >= 11 is 1.13. The maximum atomic E-state index is 11.6. The Morgan fingerprint density at radius 1 is 1.50 bits per heavy atom. The summed E-state index contributed by atoms with van der Waals surface area (Å²) < 4.78 is 1.68. The van der Waals surface area contributed by atoms with Crippen molar-refractivity contribution in [2.75, 3.05) is 7.05 Å². The van der Waals surface area contributed by atoms with Gasteiger partial charge in [0.1, 0.15) is 0 Å². The number of tetrazole rings is 1. The second kappa shape index (κ2) is 5.72. The topological polar surface area (TPSA) is 116 Å². The Morgan fingerprint density at radius 3 is 2.91 bits per heavy atom. The average molecular weight is 320 g/mol. The molecule has 0 spiro atoms. The van der Waals surface area contributed by atoms with Crippen molar-refractivity contribution >= 4 is 23.4 Å². The second-order valence-electron chi connectivity index (χ2n) is 4.76. The Hall–Kier alpha value is -2.49. The lowest BCUT2D eigenvalue weighted by Gasteiger charge is -2.05. The van der Waals surface area contributed by atoms with Crippen molar-refractivity contribution in [2.45, 2.75) is 28.9 Å². The Morgan fingerprint density at radius 2 is 2.27 bits per heavy atom. The molecule has 2 aromatic rings. The fourth-order valence-corrected chi connectivity index (χ4v) is 2.86. The van der Waals surface area contributed by atoms with Crippen molar-refractivity contribution in [3.8, 4) is 0 Å². The molecule has 0 unspecified atom stereocenters. The molecule has 1 aliphatic carbocycles. The first kappa shape index (κ1) is 14.4. The van der Waals surface area contributed by atoms with Gasteiger partial charge >= 0.3 is 0 Å². The van der Waals surface area contributed by atoms with E-state index in [0.29, 0.717) is 10.1 Å². The molecule has 1 aromatic heterocycles. The number of rotatable bonds is 5. The quantitative estimate of drug-likeness (QED) is 0.654. The van der Waals surface area contributed by atoms with Crippen LogP contribution in [0.4, 0.5) is 5.69 Å². The summed E-state index contributed by atoms with van der Waals surface area (Å²) in [6, 6.07) is 4.62. The normalized spacial score (nSPS) is 13.9. The molecule has 1 heterocycles. The first-order chi connectivity index (χ1) is 10.6. The fourth-order valence-electron chi connectivity index (χ4n) is 1.93. The predicted octanol–water partition coefficient (Wildman–Crippen LogP) is 1.43. The van der Waals surface area contributed by atoms with E-state index in [1.807, 2.05) is 0 Å². The van der Waals surface area contributed by atoms with Crippen molar-refractivity contribution in [1.29, 1.82) is 0 Å². The van der Waals surface area contributed by atoms with Crippen molar-refractivity contribution in [1.82, 2.24) is 25.5 Å². The van der Waals surface area contributed by atoms with Crippen molar-refractivity contribution in [2.24, 2.45) is 0 Å². The van der Waals surface area contributed by atoms with Crippen molar-refractivity contribution in [3.05, 3.63) is 33.9 Å². The number of hydrogen-bond donors (Lipinski definition) is 1. The van der Waals surface area contributed by atoms with E-state index in [0.717, 1.165) is 24.6 Å². The molecular formula is C12H12N6O3S. The van der Waals surface area contributed by atoms with Crippen molar-refractivity contribution < 1.29 is 9.72 Å². The van der Waals surface area contributed by atoms with Crippen LogP contribution in [0.5, 0.6) is 0 Å². The van der Waals surface area contributed by atoms with Crippen LogP contribution in [0.2, 0.25) is 0 Å². The third-order valence-electron chi connectivity index (χ3n) is 3.20. The van der Waals surface area contributed by atoms with E-state index < -0.39 is 4.92 Å². The van der Waals surface area contributed by atoms with Crippen LogP contribution < -0.4 is 5.32 Å². The summed E-state index contributed by atoms with van der Waals surface area (Å²) in [7, 11) is 1.47. The lowest BCUT2D eigenvalue weighted by atomic mass is 10.2. The van der Waals surface area contributed by atoms with Gasteiger partial charge in [0.05, 0.1) is 15.9 Å². The van der Waals surface area contributed by atoms with Gasteiger partial charge in [-0.05, 0) is 47.2 Å². The molecule has 0 bridgehead atoms. The summed E-state index contributed by atoms with van der Waals surface area (Å²) in [5.74, 6) is -0.373. The number of nitro groups is 1. The van der Waals surface area contributed by atoms with Gasteiger partial charge in [0.15, 0.2) is 0 Å². The first-order valence-electron chi connectivity index (χ1n) is 6.56. The summed E-state index contributed by atoms with van der Waals surface area (Å²) in [6.07, 6.45) is 2.02. The van der Waals surface area contributed by atoms with Crippen LogP contribution in [0.15, 0.2) is 28.3 Å². The SMILES string of the molecule is CNC(=O)c1ccc(Sc2nnnn2C2CC2)c([N+](=O)[O-])c1. The molecule has 0 atom stereocenters. The molecule has 10 heteroatoms. The van der Waals surface area contributed by atoms with Gasteiger partial charge < -0.3 is 5.32 Å². The Balaban J connectivity index is 1.94. The largest absolute Gasteiger partial charge is 0.355 e. The number of nitro benzene ring substituents is 1. The number of carbonyl (C=O) groups is 1. The summed E-state index contributed by atoms with van der Waals surface area (Å²) in [6.45, 7) is 0. The second-order valence-corrected chi connectivity index (χ2v) is 5.77. The first-order valence-corrected chi connectivity index (χ1v) is 7.38. The minimum absolute atomic E-state index is 0.142. The van der Waals surface area contributed by atoms with E-state index in [-0.39, 0.29) is 23.2 Å². The minimum Gasteiger partial charge on any atom is -0.355 e. The van der Waals surface area contributed by atoms with E-state index >= 15 is 0 Å². The molecule has 9 nitrogen and oxygen atoms in total. The van der Waals surface area contributed by atoms with Crippen molar-refractivity contribution in [3.63, 3.8) is 0 Å². The maximum Gasteiger partial charge on any atom is 0.284 e. The number of carbonyl (C=O) groups excluding carboxylic acids is 1. The van der Waals surface area contributed by atoms with Gasteiger partial charge in [0.2, 0.25) is 5.16 Å². The lowest BCUT2D eigenvalue weighted by molar-refractivity contribution is -0.387. The van der Waals surface area contributed by atoms with Crippen LogP contribution in [0.25, 0.3) is 0 Å². The Labute approximate surface area is 129 Å². The lowest BCUT2D eigenvalue weighted by Crippen LogP contribution is -2.17. The smallest absolute Gasteiger partial charge is 0.284 e. The fraction of sp³-hybridized carbons (Fsp3) is 0.333. The van der Waals surface area contributed by atoms with Gasteiger partial charge in [0.25, 0.3) is 11.6 Å². The highest BCUT2D eigenvalue weighted by Gasteiger charge is 2.29. The molecule has 22 heavy (non-hydrogen) atoms. The van der Waals surface area contributed by atoms with E-state index in [9.17, 15) is 14.9 Å². The molecule has 114 valence electrons. The Kier molecular flexibility index (Phi) is 3.75. The predicted molar refractivity (Wildman–Crippen MR) is 76.7 cm³/mol. The maximum absolute atomic E-state index is 11.6. The number of benzene rings is 1. The average Bonchev–Trinajstić information content (AvgIpc) is 3.26. The van der Waals surface area contributed by atoms with Crippen LogP contribution in [0.1, 0.15) is 29.2 Å². The molecular weight excluding hydrogens is 308 g/mol. The third-order valence-corrected chi connectivity index (χ3v) is 4.22. The van der Waals surface area contributed by atoms with Gasteiger partial charge in [0, 0.05) is 18.7 Å². The van der Waals surface area contributed by atoms with Gasteiger partial charge in [-0.25, -0.2) is 4.68 Å². The van der Waals surface area contributed by atoms with E-state index in [2.05, 4.69) is 20.8 Å². The zero-order valence-electron chi connectivity index (χ0n) is 11.6. The summed E-state index contributed by atoms with van der Waals surface area (Å²) in [5, 5.41) is 25.6. The molecule has 1 N–H and O–H groups in total. The number of nitrogens with one attached hydrogen (secondary N) is 1. The molecule has 0 aliphatic heterocycles. The molecule has 1 saturated carbocycles. The zero-order valence-corrected chi connectivity index (χ0v) is 12.4. The minimum atomic E-state index is -0.514. The van der Waals surface area contributed by atoms with Crippen LogP contribution in [0, 0.1) is 10.1 Å². The highest BCUT2D eigenvalue weighted by molar-refractivity contribution is 7.99. The number of aromatic nitrogens is 4. The Bertz CT molecular complexity index is 742. The highest BCUT2D eigenvalue weighted by atomic mass is 32.2. The number of nitrogens with zero attached hydrogens (tertiary/aromatic N) is 5. The number of hydrogen-bond acceptors (Lipinski definition) is 7. The molecule has 3 rings (SSSR count). The molecule has 0 radical (unpaired) electrons. The van der Waals surface area contributed by atoms with Gasteiger partial charge in [-0.2, -0.15) is 0 Å². The van der Waals surface area contributed by atoms with Gasteiger partial charge in [-0.1, -0.05) is 0 Å². The van der Waals surface area contributed by atoms with Gasteiger partial charge in [-0.3, -0.25) is 14.9 Å². The zero-order chi connectivity index (χ0) is 15.7. The summed E-state index contributed by atoms with van der Waals surface area (Å²) in [4.78, 5) is 22.7. The van der Waals surface area contributed by atoms with E-state index in [4.69, 9.17) is 0 Å². The number of amides is 1. The van der Waals surface area contributed by atoms with Crippen LogP contribution >= 0.6 is 11.8 Å². The van der Waals surface area contributed by atoms with Gasteiger partial charge in [-0.15, -0.1) is 5.10 Å². The molecule has 1 aromatic carbocycles. The molecule has 0 saturated heterocycles. The third kappa shape index (κ3) is 2.77. The van der Waals surface area contributed by atoms with Crippen LogP contribution in [-0.2, 0) is 0 Å². The van der Waals surface area contributed by atoms with Crippen LogP contribution in [-0.4, -0.2) is 38.1 Å². The summed E-state index contributed by atoms with van der Waals surface area (Å²) in [5.41, 5.74) is 0.0942. The molecule has 1 amide bonds. The molecule has 1 fully saturated rings. The standard InChI is InChI=1S/C12H12N6O3S/c1-13-11(19)7-2-5-10(9(6-7)18(20)21)22-12-14-15-16-17(12)8-3-4-8/h2,5-6,8H,3-4H2,1H3,(H,13,19).